The number of nitrogens with one attached hydrogen (secondary N) is 1. The normalized spacial score (nSPS) is 10.8. The molecule has 2 N–H and O–H groups in total. The molecular weight excluding hydrogens is 412 g/mol. The van der Waals surface area contributed by atoms with Gasteiger partial charge < -0.3 is 15.2 Å². The monoisotopic (exact) mass is 428 g/mol. The molecule has 0 radical (unpaired) electrons. The van der Waals surface area contributed by atoms with Gasteiger partial charge in [0.15, 0.2) is 6.61 Å². The molecule has 0 spiro atoms. The fourth-order valence-corrected chi connectivity index (χ4v) is 2.71. The number of ether oxygens (including phenoxy) is 1. The number of hydrogen-bond donors (Lipinski definition) is 2. The van der Waals surface area contributed by atoms with Crippen LogP contribution in [0.2, 0.25) is 0 Å². The van der Waals surface area contributed by atoms with Crippen molar-refractivity contribution in [2.75, 3.05) is 11.9 Å². The molecule has 0 atom stereocenters. The van der Waals surface area contributed by atoms with E-state index in [0.29, 0.717) is 21.5 Å². The van der Waals surface area contributed by atoms with Crippen molar-refractivity contribution in [3.05, 3.63) is 63.6 Å². The molecule has 0 aliphatic rings. The average Bonchev–Trinajstić information content (AvgIpc) is 2.65. The molecule has 138 valence electrons. The number of nitrogens with zero attached hydrogens (tertiary/aromatic N) is 1. The van der Waals surface area contributed by atoms with Crippen LogP contribution in [0.15, 0.2) is 52.5 Å². The highest BCUT2D eigenvalue weighted by atomic mass is 79.9. The van der Waals surface area contributed by atoms with E-state index < -0.39 is 18.5 Å². The molecule has 0 saturated carbocycles. The van der Waals surface area contributed by atoms with E-state index in [1.807, 2.05) is 25.1 Å². The van der Waals surface area contributed by atoms with Gasteiger partial charge in [0.05, 0.1) is 4.47 Å². The number of halogens is 1. The second-order valence-electron chi connectivity index (χ2n) is 5.55. The SMILES string of the molecule is CCc1ccc(NC(=O)/C(C#N)=C/c2ccc(OCC(=O)O)c(Br)c2)cc1. The Morgan fingerprint density at radius 3 is 2.52 bits per heavy atom. The van der Waals surface area contributed by atoms with Crippen LogP contribution in [0.4, 0.5) is 5.69 Å². The Morgan fingerprint density at radius 2 is 1.96 bits per heavy atom. The van der Waals surface area contributed by atoms with Gasteiger partial charge in [0.1, 0.15) is 17.4 Å². The lowest BCUT2D eigenvalue weighted by molar-refractivity contribution is -0.139. The summed E-state index contributed by atoms with van der Waals surface area (Å²) in [7, 11) is 0. The molecule has 0 saturated heterocycles. The summed E-state index contributed by atoms with van der Waals surface area (Å²) in [6, 6.07) is 14.1. The van der Waals surface area contributed by atoms with Gasteiger partial charge in [0, 0.05) is 5.69 Å². The van der Waals surface area contributed by atoms with E-state index in [4.69, 9.17) is 9.84 Å². The molecule has 27 heavy (non-hydrogen) atoms. The molecule has 2 rings (SSSR count). The molecule has 0 aliphatic carbocycles. The van der Waals surface area contributed by atoms with Gasteiger partial charge in [-0.1, -0.05) is 25.1 Å². The summed E-state index contributed by atoms with van der Waals surface area (Å²) in [5.74, 6) is -1.24. The van der Waals surface area contributed by atoms with Crippen LogP contribution in [-0.4, -0.2) is 23.6 Å². The van der Waals surface area contributed by atoms with Gasteiger partial charge in [0.2, 0.25) is 0 Å². The topological polar surface area (TPSA) is 99.4 Å². The van der Waals surface area contributed by atoms with Crippen LogP contribution in [0, 0.1) is 11.3 Å². The van der Waals surface area contributed by atoms with Crippen molar-refractivity contribution in [3.8, 4) is 11.8 Å². The first-order chi connectivity index (χ1) is 12.9. The molecule has 1 amide bonds. The Bertz CT molecular complexity index is 915. The van der Waals surface area contributed by atoms with Gasteiger partial charge in [-0.2, -0.15) is 5.26 Å². The van der Waals surface area contributed by atoms with Crippen LogP contribution >= 0.6 is 15.9 Å². The van der Waals surface area contributed by atoms with E-state index in [2.05, 4.69) is 21.2 Å². The maximum atomic E-state index is 12.3. The first-order valence-electron chi connectivity index (χ1n) is 8.09. The van der Waals surface area contributed by atoms with Crippen molar-refractivity contribution in [1.82, 2.24) is 0 Å². The van der Waals surface area contributed by atoms with Crippen molar-refractivity contribution in [2.24, 2.45) is 0 Å². The molecule has 0 aromatic heterocycles. The molecule has 7 heteroatoms. The summed E-state index contributed by atoms with van der Waals surface area (Å²) in [6.07, 6.45) is 2.35. The molecule has 0 heterocycles. The zero-order valence-corrected chi connectivity index (χ0v) is 16.1. The van der Waals surface area contributed by atoms with Crippen molar-refractivity contribution in [3.63, 3.8) is 0 Å². The average molecular weight is 429 g/mol. The number of carbonyl (C=O) groups excluding carboxylic acids is 1. The Hall–Kier alpha value is -3.11. The lowest BCUT2D eigenvalue weighted by Crippen LogP contribution is -2.13. The van der Waals surface area contributed by atoms with Gasteiger partial charge in [-0.15, -0.1) is 0 Å². The maximum Gasteiger partial charge on any atom is 0.341 e. The molecule has 0 unspecified atom stereocenters. The number of amides is 1. The largest absolute Gasteiger partial charge is 0.481 e. The lowest BCUT2D eigenvalue weighted by Gasteiger charge is -2.07. The zero-order valence-electron chi connectivity index (χ0n) is 14.5. The number of carboxylic acids is 1. The number of carboxylic acid groups (broad SMARTS) is 1. The first kappa shape index (κ1) is 20.2. The Balaban J connectivity index is 2.14. The highest BCUT2D eigenvalue weighted by Crippen LogP contribution is 2.27. The van der Waals surface area contributed by atoms with Crippen LogP contribution in [0.5, 0.6) is 5.75 Å². The summed E-state index contributed by atoms with van der Waals surface area (Å²) < 4.78 is 5.64. The highest BCUT2D eigenvalue weighted by molar-refractivity contribution is 9.10. The minimum Gasteiger partial charge on any atom is -0.481 e. The summed E-state index contributed by atoms with van der Waals surface area (Å²) in [4.78, 5) is 22.9. The van der Waals surface area contributed by atoms with Crippen LogP contribution in [0.3, 0.4) is 0 Å². The highest BCUT2D eigenvalue weighted by Gasteiger charge is 2.11. The van der Waals surface area contributed by atoms with Crippen molar-refractivity contribution < 1.29 is 19.4 Å². The maximum absolute atomic E-state index is 12.3. The van der Waals surface area contributed by atoms with Gasteiger partial charge in [-0.3, -0.25) is 4.79 Å². The molecule has 0 bridgehead atoms. The third kappa shape index (κ3) is 5.97. The minimum absolute atomic E-state index is 0.0549. The predicted octanol–water partition coefficient (Wildman–Crippen LogP) is 4.02. The first-order valence-corrected chi connectivity index (χ1v) is 8.88. The van der Waals surface area contributed by atoms with E-state index in [1.54, 1.807) is 30.3 Å². The second kappa shape index (κ2) is 9.55. The standard InChI is InChI=1S/C20H17BrN2O4/c1-2-13-3-6-16(7-4-13)23-20(26)15(11-22)9-14-5-8-18(17(21)10-14)27-12-19(24)25/h3-10H,2,12H2,1H3,(H,23,26)(H,24,25)/b15-9+. The fraction of sp³-hybridized carbons (Fsp3) is 0.150. The summed E-state index contributed by atoms with van der Waals surface area (Å²) in [5, 5.41) is 20.7. The van der Waals surface area contributed by atoms with Gasteiger partial charge in [0.25, 0.3) is 5.91 Å². The van der Waals surface area contributed by atoms with E-state index in [9.17, 15) is 14.9 Å². The van der Waals surface area contributed by atoms with E-state index in [1.165, 1.54) is 6.08 Å². The Morgan fingerprint density at radius 1 is 1.26 bits per heavy atom. The number of rotatable bonds is 7. The molecule has 6 nitrogen and oxygen atoms in total. The number of carbonyl (C=O) groups is 2. The van der Waals surface area contributed by atoms with E-state index >= 15 is 0 Å². The number of aliphatic carboxylic acids is 1. The third-order valence-electron chi connectivity index (χ3n) is 3.60. The van der Waals surface area contributed by atoms with Crippen molar-refractivity contribution in [1.29, 1.82) is 5.26 Å². The summed E-state index contributed by atoms with van der Waals surface area (Å²) in [5.41, 5.74) is 2.30. The van der Waals surface area contributed by atoms with Crippen molar-refractivity contribution >= 4 is 39.6 Å². The van der Waals surface area contributed by atoms with Crippen LogP contribution in [-0.2, 0) is 16.0 Å². The number of anilines is 1. The van der Waals surface area contributed by atoms with Gasteiger partial charge in [-0.05, 0) is 63.8 Å². The van der Waals surface area contributed by atoms with E-state index in [-0.39, 0.29) is 5.57 Å². The molecule has 2 aromatic rings. The summed E-state index contributed by atoms with van der Waals surface area (Å²) in [6.45, 7) is 1.58. The number of hydrogen-bond acceptors (Lipinski definition) is 4. The summed E-state index contributed by atoms with van der Waals surface area (Å²) >= 11 is 3.28. The zero-order chi connectivity index (χ0) is 19.8. The van der Waals surface area contributed by atoms with Gasteiger partial charge >= 0.3 is 5.97 Å². The second-order valence-corrected chi connectivity index (χ2v) is 6.40. The lowest BCUT2D eigenvalue weighted by atomic mass is 10.1. The number of nitriles is 1. The Kier molecular flexibility index (Phi) is 7.15. The van der Waals surface area contributed by atoms with Crippen molar-refractivity contribution in [2.45, 2.75) is 13.3 Å². The minimum atomic E-state index is -1.08. The van der Waals surface area contributed by atoms with Crippen LogP contribution in [0.25, 0.3) is 6.08 Å². The molecule has 0 fully saturated rings. The van der Waals surface area contributed by atoms with E-state index in [0.717, 1.165) is 12.0 Å². The third-order valence-corrected chi connectivity index (χ3v) is 4.22. The quantitative estimate of drug-likeness (QED) is 0.512. The Labute approximate surface area is 165 Å². The van der Waals surface area contributed by atoms with Gasteiger partial charge in [-0.25, -0.2) is 4.79 Å². The number of aryl methyl sites for hydroxylation is 1. The molecule has 2 aromatic carbocycles. The smallest absolute Gasteiger partial charge is 0.341 e. The van der Waals surface area contributed by atoms with Crippen LogP contribution < -0.4 is 10.1 Å². The number of benzene rings is 2. The van der Waals surface area contributed by atoms with Crippen LogP contribution in [0.1, 0.15) is 18.1 Å². The fourth-order valence-electron chi connectivity index (χ4n) is 2.20. The predicted molar refractivity (Wildman–Crippen MR) is 105 cm³/mol. The molecular formula is C20H17BrN2O4. The molecule has 0 aliphatic heterocycles.